The topological polar surface area (TPSA) is 95.8 Å². The number of nitrogens with zero attached hydrogens (tertiary/aromatic N) is 5. The molecule has 28 heavy (non-hydrogen) atoms. The second kappa shape index (κ2) is 11.6. The highest BCUT2D eigenvalue weighted by atomic mass is 127. The van der Waals surface area contributed by atoms with Crippen molar-refractivity contribution in [3.63, 3.8) is 0 Å². The number of para-hydroxylation sites is 2. The third kappa shape index (κ3) is 6.18. The van der Waals surface area contributed by atoms with Crippen LogP contribution in [-0.2, 0) is 19.4 Å². The largest absolute Gasteiger partial charge is 0.357 e. The highest BCUT2D eigenvalue weighted by molar-refractivity contribution is 14.0. The van der Waals surface area contributed by atoms with Crippen LogP contribution in [0.2, 0.25) is 0 Å². The quantitative estimate of drug-likeness (QED) is 0.183. The Morgan fingerprint density at radius 3 is 2.86 bits per heavy atom. The van der Waals surface area contributed by atoms with E-state index in [2.05, 4.69) is 60.3 Å². The maximum atomic E-state index is 4.66. The molecule has 0 saturated heterocycles. The Balaban J connectivity index is 0.00000280. The Morgan fingerprint density at radius 2 is 2.07 bits per heavy atom. The first-order valence-corrected chi connectivity index (χ1v) is 9.62. The molecule has 0 saturated carbocycles. The summed E-state index contributed by atoms with van der Waals surface area (Å²) in [6, 6.07) is 8.11. The number of guanidine groups is 1. The molecule has 0 atom stereocenters. The molecule has 0 aliphatic rings. The number of fused-ring (bicyclic) bond motifs is 1. The summed E-state index contributed by atoms with van der Waals surface area (Å²) >= 11 is 0. The van der Waals surface area contributed by atoms with Crippen molar-refractivity contribution in [3.8, 4) is 0 Å². The van der Waals surface area contributed by atoms with Crippen molar-refractivity contribution in [1.29, 1.82) is 0 Å². The third-order valence-electron chi connectivity index (χ3n) is 4.28. The summed E-state index contributed by atoms with van der Waals surface area (Å²) in [6.07, 6.45) is 4.49. The van der Waals surface area contributed by atoms with E-state index in [-0.39, 0.29) is 24.0 Å². The average molecular weight is 496 g/mol. The first-order chi connectivity index (χ1) is 13.3. The zero-order valence-electron chi connectivity index (χ0n) is 16.5. The summed E-state index contributed by atoms with van der Waals surface area (Å²) in [5.41, 5.74) is 2.11. The number of aromatic amines is 1. The van der Waals surface area contributed by atoms with Gasteiger partial charge < -0.3 is 20.2 Å². The van der Waals surface area contributed by atoms with E-state index in [0.717, 1.165) is 74.1 Å². The smallest absolute Gasteiger partial charge is 0.191 e. The highest BCUT2D eigenvalue weighted by Gasteiger charge is 2.03. The number of benzene rings is 1. The van der Waals surface area contributed by atoms with Gasteiger partial charge in [0.05, 0.1) is 11.0 Å². The van der Waals surface area contributed by atoms with Crippen LogP contribution < -0.4 is 10.6 Å². The lowest BCUT2D eigenvalue weighted by Crippen LogP contribution is -2.39. The van der Waals surface area contributed by atoms with Gasteiger partial charge >= 0.3 is 0 Å². The van der Waals surface area contributed by atoms with Crippen LogP contribution in [-0.4, -0.2) is 50.3 Å². The normalized spacial score (nSPS) is 11.4. The number of nitrogens with one attached hydrogen (secondary N) is 3. The molecule has 0 radical (unpaired) electrons. The second-order valence-corrected chi connectivity index (χ2v) is 6.29. The minimum absolute atomic E-state index is 0. The Labute approximate surface area is 182 Å². The number of rotatable bonds is 9. The molecule has 0 aliphatic carbocycles. The van der Waals surface area contributed by atoms with Gasteiger partial charge in [0, 0.05) is 39.0 Å². The van der Waals surface area contributed by atoms with E-state index in [0.29, 0.717) is 0 Å². The van der Waals surface area contributed by atoms with Gasteiger partial charge in [-0.25, -0.2) is 4.98 Å². The summed E-state index contributed by atoms with van der Waals surface area (Å²) < 4.78 is 2.07. The predicted molar refractivity (Wildman–Crippen MR) is 123 cm³/mol. The van der Waals surface area contributed by atoms with E-state index in [4.69, 9.17) is 0 Å². The lowest BCUT2D eigenvalue weighted by Gasteiger charge is -2.12. The maximum absolute atomic E-state index is 4.66. The molecular formula is C19H29IN8. The van der Waals surface area contributed by atoms with E-state index in [9.17, 15) is 0 Å². The van der Waals surface area contributed by atoms with Crippen LogP contribution in [0.4, 0.5) is 0 Å². The summed E-state index contributed by atoms with van der Waals surface area (Å²) in [6.45, 7) is 7.34. The number of aliphatic imine (C=N–C) groups is 1. The lowest BCUT2D eigenvalue weighted by atomic mass is 10.3. The van der Waals surface area contributed by atoms with Crippen molar-refractivity contribution in [1.82, 2.24) is 35.4 Å². The maximum Gasteiger partial charge on any atom is 0.191 e. The SMILES string of the molecule is CCNC(=NCCCc1nc2ccccc2[nH]1)NCCn1cnnc1CC.I. The zero-order chi connectivity index (χ0) is 18.9. The molecule has 3 N–H and O–H groups in total. The van der Waals surface area contributed by atoms with Crippen LogP contribution in [0, 0.1) is 0 Å². The van der Waals surface area contributed by atoms with E-state index in [1.165, 1.54) is 0 Å². The van der Waals surface area contributed by atoms with Crippen molar-refractivity contribution in [2.24, 2.45) is 4.99 Å². The lowest BCUT2D eigenvalue weighted by molar-refractivity contribution is 0.632. The number of aromatic nitrogens is 5. The van der Waals surface area contributed by atoms with Gasteiger partial charge in [-0.1, -0.05) is 19.1 Å². The van der Waals surface area contributed by atoms with E-state index < -0.39 is 0 Å². The molecule has 2 heterocycles. The van der Waals surface area contributed by atoms with Crippen LogP contribution in [0.25, 0.3) is 11.0 Å². The van der Waals surface area contributed by atoms with Crippen LogP contribution in [0.5, 0.6) is 0 Å². The number of halogens is 1. The fourth-order valence-corrected chi connectivity index (χ4v) is 2.94. The molecule has 0 spiro atoms. The number of aryl methyl sites for hydroxylation is 2. The Kier molecular flexibility index (Phi) is 9.18. The fourth-order valence-electron chi connectivity index (χ4n) is 2.94. The standard InChI is InChI=1S/C19H28N8.HI/c1-3-18-26-23-14-27(18)13-12-22-19(20-4-2)21-11-7-10-17-24-15-8-5-6-9-16(15)25-17;/h5-6,8-9,14H,3-4,7,10-13H2,1-2H3,(H,24,25)(H2,20,21,22);1H. The number of hydrogen-bond acceptors (Lipinski definition) is 4. The molecule has 0 bridgehead atoms. The van der Waals surface area contributed by atoms with Gasteiger partial charge in [0.15, 0.2) is 5.96 Å². The predicted octanol–water partition coefficient (Wildman–Crippen LogP) is 2.52. The van der Waals surface area contributed by atoms with Gasteiger partial charge in [-0.2, -0.15) is 0 Å². The molecule has 1 aromatic carbocycles. The van der Waals surface area contributed by atoms with Gasteiger partial charge in [-0.15, -0.1) is 34.2 Å². The summed E-state index contributed by atoms with van der Waals surface area (Å²) in [5, 5.41) is 14.7. The van der Waals surface area contributed by atoms with Gasteiger partial charge in [-0.3, -0.25) is 4.99 Å². The van der Waals surface area contributed by atoms with Gasteiger partial charge in [0.25, 0.3) is 0 Å². The fraction of sp³-hybridized carbons (Fsp3) is 0.474. The molecule has 2 aromatic heterocycles. The van der Waals surface area contributed by atoms with Crippen LogP contribution >= 0.6 is 24.0 Å². The summed E-state index contributed by atoms with van der Waals surface area (Å²) in [5.74, 6) is 2.86. The average Bonchev–Trinajstić information content (AvgIpc) is 3.31. The number of hydrogen-bond donors (Lipinski definition) is 3. The van der Waals surface area contributed by atoms with Crippen molar-refractivity contribution >= 4 is 41.0 Å². The molecule has 3 rings (SSSR count). The molecule has 8 nitrogen and oxygen atoms in total. The zero-order valence-corrected chi connectivity index (χ0v) is 18.8. The van der Waals surface area contributed by atoms with Crippen molar-refractivity contribution < 1.29 is 0 Å². The molecule has 0 amide bonds. The Hall–Kier alpha value is -2.17. The summed E-state index contributed by atoms with van der Waals surface area (Å²) in [4.78, 5) is 12.6. The molecule has 3 aromatic rings. The van der Waals surface area contributed by atoms with Crippen molar-refractivity contribution in [3.05, 3.63) is 42.2 Å². The molecule has 0 fully saturated rings. The van der Waals surface area contributed by atoms with Crippen LogP contribution in [0.1, 0.15) is 31.9 Å². The first kappa shape index (κ1) is 22.1. The molecule has 0 unspecified atom stereocenters. The van der Waals surface area contributed by atoms with Gasteiger partial charge in [0.1, 0.15) is 18.0 Å². The molecule has 9 heteroatoms. The van der Waals surface area contributed by atoms with Crippen LogP contribution in [0.15, 0.2) is 35.6 Å². The highest BCUT2D eigenvalue weighted by Crippen LogP contribution is 2.11. The molecular weight excluding hydrogens is 467 g/mol. The Bertz CT molecular complexity index is 837. The summed E-state index contributed by atoms with van der Waals surface area (Å²) in [7, 11) is 0. The van der Waals surface area contributed by atoms with Crippen molar-refractivity contribution in [2.45, 2.75) is 39.7 Å². The van der Waals surface area contributed by atoms with Gasteiger partial charge in [0.2, 0.25) is 0 Å². The third-order valence-corrected chi connectivity index (χ3v) is 4.28. The number of imidazole rings is 1. The van der Waals surface area contributed by atoms with Crippen LogP contribution in [0.3, 0.4) is 0 Å². The molecule has 0 aliphatic heterocycles. The second-order valence-electron chi connectivity index (χ2n) is 6.29. The van der Waals surface area contributed by atoms with E-state index >= 15 is 0 Å². The van der Waals surface area contributed by atoms with Crippen molar-refractivity contribution in [2.75, 3.05) is 19.6 Å². The molecule has 152 valence electrons. The van der Waals surface area contributed by atoms with Gasteiger partial charge in [-0.05, 0) is 25.5 Å². The van der Waals surface area contributed by atoms with E-state index in [1.54, 1.807) is 6.33 Å². The van der Waals surface area contributed by atoms with E-state index in [1.807, 2.05) is 18.2 Å². The first-order valence-electron chi connectivity index (χ1n) is 9.62. The number of H-pyrrole nitrogens is 1. The Morgan fingerprint density at radius 1 is 1.21 bits per heavy atom. The monoisotopic (exact) mass is 496 g/mol. The minimum Gasteiger partial charge on any atom is -0.357 e. The minimum atomic E-state index is 0.